The number of hydrogen-bond acceptors (Lipinski definition) is 9. The highest BCUT2D eigenvalue weighted by Gasteiger charge is 2.28. The van der Waals surface area contributed by atoms with Crippen LogP contribution < -0.4 is 20.9 Å². The van der Waals surface area contributed by atoms with E-state index < -0.39 is 23.4 Å². The second-order valence-electron chi connectivity index (χ2n) is 12.6. The van der Waals surface area contributed by atoms with Crippen LogP contribution in [-0.2, 0) is 29.0 Å². The largest absolute Gasteiger partial charge is 0.483 e. The molecule has 0 aliphatic heterocycles. The van der Waals surface area contributed by atoms with Crippen molar-refractivity contribution in [1.82, 2.24) is 29.4 Å². The Balaban J connectivity index is 0.000000194. The fourth-order valence-electron chi connectivity index (χ4n) is 6.56. The van der Waals surface area contributed by atoms with Gasteiger partial charge in [0, 0.05) is 46.7 Å². The molecular weight excluding hydrogens is 773 g/mol. The van der Waals surface area contributed by atoms with Gasteiger partial charge in [-0.25, -0.2) is 6.57 Å². The monoisotopic (exact) mass is 805 g/mol. The van der Waals surface area contributed by atoms with E-state index >= 15 is 0 Å². The highest BCUT2D eigenvalue weighted by atomic mass is 35.5. The minimum absolute atomic E-state index is 0.0359. The molecule has 2 amide bonds. The van der Waals surface area contributed by atoms with E-state index in [4.69, 9.17) is 50.7 Å². The molecule has 5 N–H and O–H groups in total. The number of aromatic nitrogens is 6. The molecule has 0 aliphatic carbocycles. The third kappa shape index (κ3) is 8.47. The number of benzene rings is 2. The van der Waals surface area contributed by atoms with Gasteiger partial charge >= 0.3 is 6.73 Å². The molecule has 0 unspecified atom stereocenters. The lowest BCUT2D eigenvalue weighted by Crippen LogP contribution is -2.23. The second kappa shape index (κ2) is 17.2. The summed E-state index contributed by atoms with van der Waals surface area (Å²) in [6.07, 6.45) is 4.58. The number of nitrogens with zero attached hydrogens (tertiary/aromatic N) is 6. The van der Waals surface area contributed by atoms with Gasteiger partial charge in [0.25, 0.3) is 23.4 Å². The van der Waals surface area contributed by atoms with Crippen LogP contribution in [0.2, 0.25) is 10.0 Å². The van der Waals surface area contributed by atoms with E-state index in [9.17, 15) is 19.2 Å². The van der Waals surface area contributed by atoms with E-state index in [-0.39, 0.29) is 24.5 Å². The highest BCUT2D eigenvalue weighted by molar-refractivity contribution is 6.45. The summed E-state index contributed by atoms with van der Waals surface area (Å²) in [5.41, 5.74) is 16.7. The van der Waals surface area contributed by atoms with Crippen LogP contribution in [0.3, 0.4) is 0 Å². The van der Waals surface area contributed by atoms with Gasteiger partial charge in [-0.05, 0) is 84.6 Å². The molecular formula is C40H33Cl2N9O6. The van der Waals surface area contributed by atoms with Gasteiger partial charge in [0.2, 0.25) is 5.82 Å². The maximum atomic E-state index is 12.7. The zero-order valence-electron chi connectivity index (χ0n) is 30.5. The summed E-state index contributed by atoms with van der Waals surface area (Å²) in [6.45, 7) is 10.3. The van der Waals surface area contributed by atoms with Crippen LogP contribution in [0.15, 0.2) is 85.2 Å². The molecule has 17 heteroatoms. The predicted molar refractivity (Wildman–Crippen MR) is 210 cm³/mol. The first-order valence-corrected chi connectivity index (χ1v) is 17.9. The minimum Gasteiger partial charge on any atom is -0.483 e. The van der Waals surface area contributed by atoms with Gasteiger partial charge in [-0.15, -0.1) is 10.2 Å². The van der Waals surface area contributed by atoms with E-state index in [1.807, 2.05) is 40.8 Å². The molecule has 0 fully saturated rings. The Morgan fingerprint density at radius 1 is 0.754 bits per heavy atom. The number of ether oxygens (including phenoxy) is 2. The number of amides is 2. The third-order valence-corrected chi connectivity index (χ3v) is 9.51. The number of primary amides is 2. The predicted octanol–water partition coefficient (Wildman–Crippen LogP) is 5.67. The SMILES string of the molecule is Cc1c(C(=O)C(N)=O)c2c(OCc3nn[nH]n3)cccn2c1Cc1cccc(Cl)c1.[C-]#[N+]COc1cccn2c(Cc3cccc(Cl)c3)c(C)c(C(=O)C(N)=O)c12. The van der Waals surface area contributed by atoms with E-state index in [2.05, 4.69) is 25.5 Å². The second-order valence-corrected chi connectivity index (χ2v) is 13.5. The summed E-state index contributed by atoms with van der Waals surface area (Å²) in [6, 6.07) is 21.8. The van der Waals surface area contributed by atoms with Crippen molar-refractivity contribution in [1.29, 1.82) is 0 Å². The van der Waals surface area contributed by atoms with Gasteiger partial charge in [-0.2, -0.15) is 5.21 Å². The quantitative estimate of drug-likeness (QED) is 0.0745. The number of tetrazole rings is 1. The molecule has 5 heterocycles. The van der Waals surface area contributed by atoms with Gasteiger partial charge in [0.1, 0.15) is 5.75 Å². The fraction of sp³-hybridized carbons (Fsp3) is 0.150. The van der Waals surface area contributed by atoms with Gasteiger partial charge in [0.15, 0.2) is 12.4 Å². The number of hydrogen-bond donors (Lipinski definition) is 3. The number of rotatable bonds is 13. The van der Waals surface area contributed by atoms with Crippen LogP contribution in [0.25, 0.3) is 15.9 Å². The zero-order valence-corrected chi connectivity index (χ0v) is 32.0. The van der Waals surface area contributed by atoms with Gasteiger partial charge in [0.05, 0.1) is 22.2 Å². The van der Waals surface area contributed by atoms with Gasteiger partial charge in [-0.1, -0.05) is 52.7 Å². The van der Waals surface area contributed by atoms with Crippen molar-refractivity contribution in [2.24, 2.45) is 11.5 Å². The number of Topliss-reactive ketones (excluding diaryl/α,β-unsaturated/α-hetero) is 2. The van der Waals surface area contributed by atoms with E-state index in [1.165, 1.54) is 0 Å². The number of pyridine rings is 2. The van der Waals surface area contributed by atoms with Crippen LogP contribution in [-0.4, -0.2) is 59.5 Å². The standard InChI is InChI=1S/C20H17ClN6O3.C20H16ClN3O3/c1-11-14(9-12-4-2-5-13(21)8-12)27-7-3-6-15(30-10-16-23-25-26-24-16)18(27)17(11)19(28)20(22)29;1-12-15(10-13-5-3-6-14(21)9-13)24-8-4-7-16(27-11-23-2)18(24)17(12)19(25)20(22)26/h2-8H,9-10H2,1H3,(H2,22,29)(H,23,24,25,26);3-9H,10-11H2,1H3,(H2,22,26). The number of H-pyrrole nitrogens is 1. The van der Waals surface area contributed by atoms with Crippen molar-refractivity contribution < 1.29 is 28.7 Å². The normalized spacial score (nSPS) is 10.8. The average Bonchev–Trinajstić information content (AvgIpc) is 3.88. The molecule has 15 nitrogen and oxygen atoms in total. The summed E-state index contributed by atoms with van der Waals surface area (Å²) >= 11 is 12.2. The number of fused-ring (bicyclic) bond motifs is 2. The summed E-state index contributed by atoms with van der Waals surface area (Å²) in [5, 5.41) is 14.8. The van der Waals surface area contributed by atoms with E-state index in [0.29, 0.717) is 62.4 Å². The Morgan fingerprint density at radius 3 is 1.67 bits per heavy atom. The zero-order chi connectivity index (χ0) is 40.8. The average molecular weight is 807 g/mol. The minimum atomic E-state index is -1.04. The van der Waals surface area contributed by atoms with Gasteiger partial charge < -0.3 is 29.7 Å². The summed E-state index contributed by atoms with van der Waals surface area (Å²) < 4.78 is 14.9. The van der Waals surface area contributed by atoms with Crippen LogP contribution in [0.5, 0.6) is 11.5 Å². The number of halogens is 2. The molecule has 0 spiro atoms. The van der Waals surface area contributed by atoms with Crippen molar-refractivity contribution >= 4 is 57.6 Å². The number of carbonyl (C=O) groups excluding carboxylic acids is 4. The Bertz CT molecular complexity index is 2720. The Kier molecular flexibility index (Phi) is 12.0. The van der Waals surface area contributed by atoms with Crippen molar-refractivity contribution in [3.05, 3.63) is 157 Å². The first-order chi connectivity index (χ1) is 27.4. The molecule has 0 saturated carbocycles. The third-order valence-electron chi connectivity index (χ3n) is 9.04. The summed E-state index contributed by atoms with van der Waals surface area (Å²) in [5.74, 6) is -2.56. The smallest absolute Gasteiger partial charge is 0.357 e. The Labute approximate surface area is 334 Å². The number of carbonyl (C=O) groups is 4. The fourth-order valence-corrected chi connectivity index (χ4v) is 6.98. The van der Waals surface area contributed by atoms with Crippen molar-refractivity contribution in [3.8, 4) is 11.5 Å². The first-order valence-electron chi connectivity index (χ1n) is 17.1. The lowest BCUT2D eigenvalue weighted by Gasteiger charge is -2.09. The molecule has 0 atom stereocenters. The van der Waals surface area contributed by atoms with Crippen molar-refractivity contribution in [2.45, 2.75) is 33.3 Å². The molecule has 7 rings (SSSR count). The molecule has 288 valence electrons. The first kappa shape index (κ1) is 39.7. The van der Waals surface area contributed by atoms with Crippen molar-refractivity contribution in [2.75, 3.05) is 6.73 Å². The summed E-state index contributed by atoms with van der Waals surface area (Å²) in [4.78, 5) is 51.7. The Hall–Kier alpha value is -7.02. The van der Waals surface area contributed by atoms with Crippen LogP contribution in [0.1, 0.15) is 60.2 Å². The number of nitrogens with one attached hydrogen (secondary N) is 1. The lowest BCUT2D eigenvalue weighted by atomic mass is 10.0. The molecule has 0 bridgehead atoms. The molecule has 0 saturated heterocycles. The lowest BCUT2D eigenvalue weighted by molar-refractivity contribution is -0.114. The molecule has 5 aromatic heterocycles. The molecule has 0 aliphatic rings. The maximum Gasteiger partial charge on any atom is 0.357 e. The van der Waals surface area contributed by atoms with Crippen LogP contribution in [0, 0.1) is 20.4 Å². The number of ketones is 2. The molecule has 7 aromatic rings. The molecule has 2 aromatic carbocycles. The topological polar surface area (TPSA) is 206 Å². The maximum absolute atomic E-state index is 12.7. The highest BCUT2D eigenvalue weighted by Crippen LogP contribution is 2.34. The van der Waals surface area contributed by atoms with E-state index in [1.54, 1.807) is 67.0 Å². The Morgan fingerprint density at radius 2 is 1.25 bits per heavy atom. The van der Waals surface area contributed by atoms with E-state index in [0.717, 1.165) is 22.5 Å². The van der Waals surface area contributed by atoms with Gasteiger partial charge in [-0.3, -0.25) is 24.0 Å². The van der Waals surface area contributed by atoms with Crippen LogP contribution >= 0.6 is 23.2 Å². The van der Waals surface area contributed by atoms with Crippen LogP contribution in [0.4, 0.5) is 0 Å². The molecule has 57 heavy (non-hydrogen) atoms. The molecule has 0 radical (unpaired) electrons. The number of nitrogens with two attached hydrogens (primary N) is 2. The number of aromatic amines is 1. The summed E-state index contributed by atoms with van der Waals surface area (Å²) in [7, 11) is 0. The van der Waals surface area contributed by atoms with Crippen molar-refractivity contribution in [3.63, 3.8) is 0 Å².